The summed E-state index contributed by atoms with van der Waals surface area (Å²) in [6.07, 6.45) is 10.0. The molecule has 1 aliphatic carbocycles. The van der Waals surface area contributed by atoms with E-state index < -0.39 is 5.97 Å². The lowest BCUT2D eigenvalue weighted by Crippen LogP contribution is -2.13. The van der Waals surface area contributed by atoms with Gasteiger partial charge in [-0.3, -0.25) is 0 Å². The van der Waals surface area contributed by atoms with Crippen LogP contribution in [0.3, 0.4) is 0 Å². The third-order valence-corrected chi connectivity index (χ3v) is 6.92. The molecule has 2 aromatic carbocycles. The maximum Gasteiger partial charge on any atom is 0.333 e. The third kappa shape index (κ3) is 6.77. The highest BCUT2D eigenvalue weighted by atomic mass is 19.1. The van der Waals surface area contributed by atoms with Crippen LogP contribution in [0.5, 0.6) is 0 Å². The Kier molecular flexibility index (Phi) is 9.25. The van der Waals surface area contributed by atoms with Gasteiger partial charge in [-0.25, -0.2) is 9.18 Å². The van der Waals surface area contributed by atoms with E-state index in [9.17, 15) is 9.90 Å². The first-order valence-corrected chi connectivity index (χ1v) is 12.3. The lowest BCUT2D eigenvalue weighted by molar-refractivity contribution is -0.140. The Labute approximate surface area is 197 Å². The summed E-state index contributed by atoms with van der Waals surface area (Å²) in [5, 5.41) is 9.64. The molecule has 0 aliphatic heterocycles. The Bertz CT molecular complexity index is 957. The summed E-state index contributed by atoms with van der Waals surface area (Å²) in [5.74, 6) is 0.545. The zero-order valence-electron chi connectivity index (χ0n) is 20.0. The molecule has 1 N–H and O–H groups in total. The fraction of sp³-hybridized carbons (Fsp3) is 0.483. The number of ether oxygens (including phenoxy) is 1. The van der Waals surface area contributed by atoms with Crippen LogP contribution in [0, 0.1) is 11.7 Å². The standard InChI is InChI=1S/C29H37FO3/c1-4-5-6-7-21-8-10-22(11-9-21)23-14-15-27(28(30)17-23)24-12-13-25(18-31)26(16-24)19-33-29(32)20(2)3/h12-17,21-22,31H,2,4-11,18-19H2,1,3H3. The van der Waals surface area contributed by atoms with Crippen LogP contribution >= 0.6 is 0 Å². The summed E-state index contributed by atoms with van der Waals surface area (Å²) in [4.78, 5) is 11.8. The number of hydrogen-bond acceptors (Lipinski definition) is 3. The predicted molar refractivity (Wildman–Crippen MR) is 131 cm³/mol. The van der Waals surface area contributed by atoms with Crippen LogP contribution in [-0.2, 0) is 22.7 Å². The first-order chi connectivity index (χ1) is 15.9. The van der Waals surface area contributed by atoms with E-state index in [0.29, 0.717) is 33.7 Å². The van der Waals surface area contributed by atoms with Crippen molar-refractivity contribution in [3.05, 3.63) is 71.1 Å². The number of halogens is 1. The minimum atomic E-state index is -0.486. The number of unbranched alkanes of at least 4 members (excludes halogenated alkanes) is 2. The summed E-state index contributed by atoms with van der Waals surface area (Å²) < 4.78 is 20.4. The second kappa shape index (κ2) is 12.1. The topological polar surface area (TPSA) is 46.5 Å². The van der Waals surface area contributed by atoms with E-state index in [2.05, 4.69) is 19.6 Å². The SMILES string of the molecule is C=C(C)C(=O)OCc1cc(-c2ccc(C3CCC(CCCCC)CC3)cc2F)ccc1CO. The first kappa shape index (κ1) is 25.2. The van der Waals surface area contributed by atoms with Gasteiger partial charge in [-0.05, 0) is 78.8 Å². The molecule has 3 rings (SSSR count). The zero-order valence-corrected chi connectivity index (χ0v) is 20.0. The highest BCUT2D eigenvalue weighted by Gasteiger charge is 2.23. The molecule has 1 fully saturated rings. The second-order valence-electron chi connectivity index (χ2n) is 9.45. The van der Waals surface area contributed by atoms with E-state index in [1.807, 2.05) is 6.07 Å². The molecular formula is C29H37FO3. The van der Waals surface area contributed by atoms with Crippen molar-refractivity contribution in [3.8, 4) is 11.1 Å². The summed E-state index contributed by atoms with van der Waals surface area (Å²) in [6, 6.07) is 11.0. The Morgan fingerprint density at radius 1 is 1.09 bits per heavy atom. The maximum atomic E-state index is 15.2. The number of benzene rings is 2. The smallest absolute Gasteiger partial charge is 0.333 e. The van der Waals surface area contributed by atoms with Crippen LogP contribution in [0.1, 0.15) is 87.8 Å². The monoisotopic (exact) mass is 452 g/mol. The van der Waals surface area contributed by atoms with Gasteiger partial charge in [0.15, 0.2) is 0 Å². The van der Waals surface area contributed by atoms with Gasteiger partial charge in [0.2, 0.25) is 0 Å². The first-order valence-electron chi connectivity index (χ1n) is 12.3. The van der Waals surface area contributed by atoms with Crippen molar-refractivity contribution in [2.24, 2.45) is 5.92 Å². The van der Waals surface area contributed by atoms with E-state index in [4.69, 9.17) is 4.74 Å². The van der Waals surface area contributed by atoms with E-state index in [0.717, 1.165) is 24.3 Å². The van der Waals surface area contributed by atoms with Gasteiger partial charge in [-0.15, -0.1) is 0 Å². The number of esters is 1. The Balaban J connectivity index is 1.70. The highest BCUT2D eigenvalue weighted by molar-refractivity contribution is 5.86. The van der Waals surface area contributed by atoms with Crippen LogP contribution in [-0.4, -0.2) is 11.1 Å². The van der Waals surface area contributed by atoms with Gasteiger partial charge < -0.3 is 9.84 Å². The van der Waals surface area contributed by atoms with E-state index >= 15 is 4.39 Å². The van der Waals surface area contributed by atoms with Crippen molar-refractivity contribution in [1.82, 2.24) is 0 Å². The predicted octanol–water partition coefficient (Wildman–Crippen LogP) is 7.46. The molecule has 33 heavy (non-hydrogen) atoms. The average molecular weight is 453 g/mol. The quantitative estimate of drug-likeness (QED) is 0.231. The fourth-order valence-corrected chi connectivity index (χ4v) is 4.84. The minimum Gasteiger partial charge on any atom is -0.457 e. The van der Waals surface area contributed by atoms with E-state index in [-0.39, 0.29) is 19.0 Å². The van der Waals surface area contributed by atoms with Gasteiger partial charge in [-0.1, -0.05) is 63.5 Å². The fourth-order valence-electron chi connectivity index (χ4n) is 4.84. The van der Waals surface area contributed by atoms with Crippen molar-refractivity contribution in [2.45, 2.75) is 84.3 Å². The number of carbonyl (C=O) groups excluding carboxylic acids is 1. The summed E-state index contributed by atoms with van der Waals surface area (Å²) >= 11 is 0. The number of hydrogen-bond donors (Lipinski definition) is 1. The molecule has 178 valence electrons. The van der Waals surface area contributed by atoms with Gasteiger partial charge >= 0.3 is 5.97 Å². The molecule has 1 aliphatic rings. The van der Waals surface area contributed by atoms with Gasteiger partial charge in [0.25, 0.3) is 0 Å². The van der Waals surface area contributed by atoms with Crippen LogP contribution in [0.15, 0.2) is 48.6 Å². The van der Waals surface area contributed by atoms with Crippen molar-refractivity contribution in [1.29, 1.82) is 0 Å². The number of rotatable bonds is 10. The lowest BCUT2D eigenvalue weighted by Gasteiger charge is -2.29. The molecule has 3 nitrogen and oxygen atoms in total. The molecule has 0 amide bonds. The molecule has 0 saturated heterocycles. The summed E-state index contributed by atoms with van der Waals surface area (Å²) in [7, 11) is 0. The van der Waals surface area contributed by atoms with E-state index in [1.54, 1.807) is 31.2 Å². The zero-order chi connectivity index (χ0) is 23.8. The van der Waals surface area contributed by atoms with E-state index in [1.165, 1.54) is 38.5 Å². The molecule has 0 bridgehead atoms. The normalized spacial score (nSPS) is 18.2. The van der Waals surface area contributed by atoms with Crippen LogP contribution < -0.4 is 0 Å². The Morgan fingerprint density at radius 2 is 1.85 bits per heavy atom. The Morgan fingerprint density at radius 3 is 2.48 bits per heavy atom. The third-order valence-electron chi connectivity index (χ3n) is 6.92. The lowest BCUT2D eigenvalue weighted by atomic mass is 9.77. The minimum absolute atomic E-state index is 0.0105. The summed E-state index contributed by atoms with van der Waals surface area (Å²) in [6.45, 7) is 7.24. The average Bonchev–Trinajstić information content (AvgIpc) is 2.82. The van der Waals surface area contributed by atoms with Gasteiger partial charge in [0.1, 0.15) is 12.4 Å². The number of aliphatic hydroxyl groups is 1. The van der Waals surface area contributed by atoms with Gasteiger partial charge in [0.05, 0.1) is 6.61 Å². The molecule has 0 radical (unpaired) electrons. The summed E-state index contributed by atoms with van der Waals surface area (Å²) in [5.41, 5.74) is 3.94. The largest absolute Gasteiger partial charge is 0.457 e. The van der Waals surface area contributed by atoms with Crippen LogP contribution in [0.2, 0.25) is 0 Å². The molecule has 0 aromatic heterocycles. The highest BCUT2D eigenvalue weighted by Crippen LogP contribution is 2.39. The molecule has 0 atom stereocenters. The maximum absolute atomic E-state index is 15.2. The number of aliphatic hydroxyl groups excluding tert-OH is 1. The second-order valence-corrected chi connectivity index (χ2v) is 9.45. The molecule has 0 unspecified atom stereocenters. The molecule has 1 saturated carbocycles. The molecule has 4 heteroatoms. The van der Waals surface area contributed by atoms with Crippen molar-refractivity contribution >= 4 is 5.97 Å². The van der Waals surface area contributed by atoms with Gasteiger partial charge in [0, 0.05) is 11.1 Å². The Hall–Kier alpha value is -2.46. The van der Waals surface area contributed by atoms with Crippen molar-refractivity contribution < 1.29 is 19.0 Å². The molecule has 2 aromatic rings. The van der Waals surface area contributed by atoms with Crippen molar-refractivity contribution in [3.63, 3.8) is 0 Å². The molecule has 0 spiro atoms. The number of carbonyl (C=O) groups is 1. The van der Waals surface area contributed by atoms with Crippen LogP contribution in [0.4, 0.5) is 4.39 Å². The van der Waals surface area contributed by atoms with Crippen LogP contribution in [0.25, 0.3) is 11.1 Å². The molecular weight excluding hydrogens is 415 g/mol. The van der Waals surface area contributed by atoms with Crippen molar-refractivity contribution in [2.75, 3.05) is 0 Å². The van der Waals surface area contributed by atoms with Gasteiger partial charge in [-0.2, -0.15) is 0 Å². The molecule has 0 heterocycles.